The fourth-order valence-corrected chi connectivity index (χ4v) is 4.79. The third-order valence-electron chi connectivity index (χ3n) is 6.33. The molecule has 1 aliphatic heterocycles. The van der Waals surface area contributed by atoms with E-state index < -0.39 is 29.2 Å². The maximum Gasteiger partial charge on any atom is 0.251 e. The monoisotopic (exact) mass is 566 g/mol. The molecule has 1 heterocycles. The highest BCUT2D eigenvalue weighted by Crippen LogP contribution is 2.29. The molecule has 1 aliphatic rings. The zero-order valence-electron chi connectivity index (χ0n) is 21.8. The van der Waals surface area contributed by atoms with Crippen molar-refractivity contribution in [2.75, 3.05) is 13.1 Å². The van der Waals surface area contributed by atoms with Crippen LogP contribution >= 0.6 is 15.9 Å². The Labute approximate surface area is 221 Å². The second kappa shape index (κ2) is 12.7. The molecule has 1 saturated heterocycles. The van der Waals surface area contributed by atoms with Crippen LogP contribution < -0.4 is 11.1 Å². The number of hydrogen-bond donors (Lipinski definition) is 3. The summed E-state index contributed by atoms with van der Waals surface area (Å²) in [7, 11) is 0. The molecule has 0 radical (unpaired) electrons. The second-order valence-corrected chi connectivity index (χ2v) is 11.9. The number of nitrogens with one attached hydrogen (secondary N) is 1. The highest BCUT2D eigenvalue weighted by atomic mass is 79.9. The van der Waals surface area contributed by atoms with Gasteiger partial charge in [-0.05, 0) is 54.9 Å². The highest BCUT2D eigenvalue weighted by Gasteiger charge is 2.43. The predicted octanol–water partition coefficient (Wildman–Crippen LogP) is 3.34. The van der Waals surface area contributed by atoms with Crippen LogP contribution in [0.4, 0.5) is 0 Å². The van der Waals surface area contributed by atoms with E-state index in [4.69, 9.17) is 5.73 Å². The summed E-state index contributed by atoms with van der Waals surface area (Å²) in [6, 6.07) is 5.88. The summed E-state index contributed by atoms with van der Waals surface area (Å²) in [5.41, 5.74) is 5.14. The molecular weight excluding hydrogens is 528 g/mol. The van der Waals surface area contributed by atoms with Crippen LogP contribution in [0.25, 0.3) is 0 Å². The van der Waals surface area contributed by atoms with Gasteiger partial charge in [0, 0.05) is 41.5 Å². The van der Waals surface area contributed by atoms with E-state index in [1.165, 1.54) is 0 Å². The largest absolute Gasteiger partial charge is 0.370 e. The normalized spacial score (nSPS) is 16.4. The van der Waals surface area contributed by atoms with E-state index in [9.17, 15) is 24.4 Å². The number of likely N-dealkylation sites (tertiary alicyclic amines) is 1. The van der Waals surface area contributed by atoms with Gasteiger partial charge in [0.2, 0.25) is 17.7 Å². The Balaban J connectivity index is 2.07. The molecule has 36 heavy (non-hydrogen) atoms. The van der Waals surface area contributed by atoms with Gasteiger partial charge in [-0.2, -0.15) is 0 Å². The van der Waals surface area contributed by atoms with Crippen molar-refractivity contribution in [3.05, 3.63) is 34.3 Å². The van der Waals surface area contributed by atoms with Crippen LogP contribution in [0.15, 0.2) is 28.7 Å². The van der Waals surface area contributed by atoms with Crippen LogP contribution in [0.1, 0.15) is 70.7 Å². The van der Waals surface area contributed by atoms with Crippen LogP contribution in [0.5, 0.6) is 0 Å². The van der Waals surface area contributed by atoms with E-state index in [1.54, 1.807) is 49.9 Å². The highest BCUT2D eigenvalue weighted by molar-refractivity contribution is 9.10. The lowest BCUT2D eigenvalue weighted by Crippen LogP contribution is -2.58. The lowest BCUT2D eigenvalue weighted by molar-refractivity contribution is -0.197. The van der Waals surface area contributed by atoms with Crippen molar-refractivity contribution < 1.29 is 24.4 Å². The van der Waals surface area contributed by atoms with Crippen LogP contribution in [0.3, 0.4) is 0 Å². The molecule has 0 spiro atoms. The maximum atomic E-state index is 13.5. The third-order valence-corrected chi connectivity index (χ3v) is 6.85. The number of piperidine rings is 1. The lowest BCUT2D eigenvalue weighted by Gasteiger charge is -2.41. The molecule has 1 fully saturated rings. The molecular formula is C26H39BrN4O5. The number of primary amides is 1. The first-order valence-electron chi connectivity index (χ1n) is 12.4. The van der Waals surface area contributed by atoms with Crippen LogP contribution in [-0.2, 0) is 14.4 Å². The number of carbonyl (C=O) groups excluding carboxylic acids is 4. The summed E-state index contributed by atoms with van der Waals surface area (Å²) >= 11 is 3.35. The number of carbonyl (C=O) groups is 4. The van der Waals surface area contributed by atoms with Gasteiger partial charge in [0.1, 0.15) is 6.04 Å². The van der Waals surface area contributed by atoms with Crippen molar-refractivity contribution >= 4 is 39.6 Å². The number of hydrogen-bond acceptors (Lipinski definition) is 5. The molecule has 0 unspecified atom stereocenters. The van der Waals surface area contributed by atoms with Gasteiger partial charge >= 0.3 is 0 Å². The van der Waals surface area contributed by atoms with Crippen molar-refractivity contribution in [1.82, 2.24) is 15.3 Å². The molecule has 1 aromatic carbocycles. The first-order valence-corrected chi connectivity index (χ1v) is 13.2. The quantitative estimate of drug-likeness (QED) is 0.311. The molecule has 0 bridgehead atoms. The molecule has 10 heteroatoms. The van der Waals surface area contributed by atoms with Crippen molar-refractivity contribution in [3.8, 4) is 0 Å². The van der Waals surface area contributed by atoms with Crippen LogP contribution in [0.2, 0.25) is 0 Å². The van der Waals surface area contributed by atoms with E-state index in [0.29, 0.717) is 43.0 Å². The summed E-state index contributed by atoms with van der Waals surface area (Å²) < 4.78 is 0.890. The van der Waals surface area contributed by atoms with E-state index in [2.05, 4.69) is 21.2 Å². The van der Waals surface area contributed by atoms with Crippen molar-refractivity contribution in [3.63, 3.8) is 0 Å². The van der Waals surface area contributed by atoms with E-state index in [0.717, 1.165) is 4.47 Å². The van der Waals surface area contributed by atoms with E-state index >= 15 is 0 Å². The van der Waals surface area contributed by atoms with E-state index in [1.807, 2.05) is 13.8 Å². The number of benzene rings is 1. The standard InChI is InChI=1S/C26H39BrN4O5/c1-16(2)14-18(15-21(28)32)24(34)31(36)22(26(3,4)5)25(35)30-12-10-20(11-13-30)29-23(33)17-6-8-19(27)9-7-17/h6-9,16,18,20,22,36H,10-15H2,1-5H3,(H2,28,32)(H,29,33)/t18-,22-/m1/s1. The van der Waals surface area contributed by atoms with Gasteiger partial charge in [-0.15, -0.1) is 0 Å². The summed E-state index contributed by atoms with van der Waals surface area (Å²) in [4.78, 5) is 52.4. The van der Waals surface area contributed by atoms with Gasteiger partial charge in [-0.25, -0.2) is 5.06 Å². The molecule has 0 aromatic heterocycles. The predicted molar refractivity (Wildman–Crippen MR) is 140 cm³/mol. The Bertz CT molecular complexity index is 937. The molecule has 200 valence electrons. The molecule has 4 amide bonds. The number of amides is 4. The zero-order valence-corrected chi connectivity index (χ0v) is 23.4. The second-order valence-electron chi connectivity index (χ2n) is 11.0. The Morgan fingerprint density at radius 3 is 2.17 bits per heavy atom. The van der Waals surface area contributed by atoms with Gasteiger partial charge in [0.25, 0.3) is 5.91 Å². The van der Waals surface area contributed by atoms with Crippen LogP contribution in [0, 0.1) is 17.3 Å². The fraction of sp³-hybridized carbons (Fsp3) is 0.615. The van der Waals surface area contributed by atoms with Crippen LogP contribution in [-0.4, -0.2) is 64.0 Å². The van der Waals surface area contributed by atoms with Crippen molar-refractivity contribution in [2.24, 2.45) is 23.0 Å². The number of hydroxylamine groups is 2. The average molecular weight is 568 g/mol. The van der Waals surface area contributed by atoms with Gasteiger partial charge in [0.15, 0.2) is 0 Å². The summed E-state index contributed by atoms with van der Waals surface area (Å²) in [5.74, 6) is -2.54. The molecule has 4 N–H and O–H groups in total. The maximum absolute atomic E-state index is 13.5. The minimum atomic E-state index is -1.12. The summed E-state index contributed by atoms with van der Waals surface area (Å²) in [6.45, 7) is 9.93. The van der Waals surface area contributed by atoms with Gasteiger partial charge in [-0.1, -0.05) is 50.5 Å². The Morgan fingerprint density at radius 1 is 1.14 bits per heavy atom. The first kappa shape index (κ1) is 29.8. The lowest BCUT2D eigenvalue weighted by atomic mass is 9.84. The molecule has 0 saturated carbocycles. The smallest absolute Gasteiger partial charge is 0.251 e. The van der Waals surface area contributed by atoms with Gasteiger partial charge in [-0.3, -0.25) is 24.4 Å². The Hall–Kier alpha value is -2.46. The van der Waals surface area contributed by atoms with Crippen molar-refractivity contribution in [2.45, 2.75) is 72.4 Å². The first-order chi connectivity index (χ1) is 16.7. The molecule has 1 aromatic rings. The topological polar surface area (TPSA) is 133 Å². The number of nitrogens with zero attached hydrogens (tertiary/aromatic N) is 2. The third kappa shape index (κ3) is 8.30. The minimum absolute atomic E-state index is 0.0869. The SMILES string of the molecule is CC(C)C[C@H](CC(N)=O)C(=O)N(O)[C@H](C(=O)N1CCC(NC(=O)c2ccc(Br)cc2)CC1)C(C)(C)C. The molecule has 2 atom stereocenters. The number of rotatable bonds is 9. The molecule has 9 nitrogen and oxygen atoms in total. The van der Waals surface area contributed by atoms with E-state index in [-0.39, 0.29) is 30.2 Å². The fourth-order valence-electron chi connectivity index (χ4n) is 4.53. The molecule has 0 aliphatic carbocycles. The van der Waals surface area contributed by atoms with Gasteiger partial charge < -0.3 is 16.0 Å². The number of halogens is 1. The minimum Gasteiger partial charge on any atom is -0.370 e. The summed E-state index contributed by atoms with van der Waals surface area (Å²) in [6.07, 6.45) is 1.29. The van der Waals surface area contributed by atoms with Crippen molar-refractivity contribution in [1.29, 1.82) is 0 Å². The molecule has 2 rings (SSSR count). The summed E-state index contributed by atoms with van der Waals surface area (Å²) in [5, 5.41) is 14.5. The average Bonchev–Trinajstić information content (AvgIpc) is 2.77. The Kier molecular flexibility index (Phi) is 10.5. The Morgan fingerprint density at radius 2 is 1.69 bits per heavy atom. The number of nitrogens with two attached hydrogens (primary N) is 1. The zero-order chi connectivity index (χ0) is 27.2. The van der Waals surface area contributed by atoms with Gasteiger partial charge in [0.05, 0.1) is 0 Å².